The Bertz CT molecular complexity index is 884. The van der Waals surface area contributed by atoms with Crippen molar-refractivity contribution in [1.29, 1.82) is 0 Å². The Morgan fingerprint density at radius 1 is 1.18 bits per heavy atom. The highest BCUT2D eigenvalue weighted by Gasteiger charge is 2.58. The lowest BCUT2D eigenvalue weighted by molar-refractivity contribution is -0.117. The van der Waals surface area contributed by atoms with Crippen LogP contribution in [-0.2, 0) is 16.8 Å². The second kappa shape index (κ2) is 3.73. The molecule has 0 unspecified atom stereocenters. The molecule has 1 saturated carbocycles. The van der Waals surface area contributed by atoms with Crippen LogP contribution in [-0.4, -0.2) is 31.8 Å². The van der Waals surface area contributed by atoms with Gasteiger partial charge in [-0.05, 0) is 31.9 Å². The fourth-order valence-corrected chi connectivity index (χ4v) is 3.14. The molecule has 3 aliphatic rings. The van der Waals surface area contributed by atoms with Crippen LogP contribution in [0.25, 0.3) is 0 Å². The maximum Gasteiger partial charge on any atom is 0.238 e. The lowest BCUT2D eigenvalue weighted by Gasteiger charge is -2.04. The van der Waals surface area contributed by atoms with Crippen LogP contribution >= 0.6 is 0 Å². The number of aromatic nitrogens is 4. The summed E-state index contributed by atoms with van der Waals surface area (Å²) in [5, 5.41) is 11.3. The zero-order valence-electron chi connectivity index (χ0n) is 11.9. The van der Waals surface area contributed by atoms with Gasteiger partial charge in [0.2, 0.25) is 11.7 Å². The van der Waals surface area contributed by atoms with Crippen LogP contribution in [0.1, 0.15) is 41.3 Å². The highest BCUT2D eigenvalue weighted by atomic mass is 16.2. The van der Waals surface area contributed by atoms with Crippen molar-refractivity contribution >= 4 is 17.4 Å². The molecule has 0 aromatic carbocycles. The Hall–Kier alpha value is -2.70. The zero-order chi connectivity index (χ0) is 14.9. The van der Waals surface area contributed by atoms with Gasteiger partial charge >= 0.3 is 0 Å². The third kappa shape index (κ3) is 1.40. The van der Waals surface area contributed by atoms with E-state index in [-0.39, 0.29) is 5.91 Å². The minimum Gasteiger partial charge on any atom is -0.308 e. The Labute approximate surface area is 125 Å². The predicted octanol–water partition coefficient (Wildman–Crippen LogP) is 0.910. The number of carbonyl (C=O) groups excluding carboxylic acids is 1. The molecule has 1 N–H and O–H groups in total. The van der Waals surface area contributed by atoms with Crippen molar-refractivity contribution in [1.82, 2.24) is 20.2 Å². The Morgan fingerprint density at radius 3 is 2.86 bits per heavy atom. The Kier molecular flexibility index (Phi) is 2.02. The molecule has 0 saturated heterocycles. The number of carbonyl (C=O) groups is 1. The second-order valence-corrected chi connectivity index (χ2v) is 5.98. The van der Waals surface area contributed by atoms with Gasteiger partial charge in [0.25, 0.3) is 0 Å². The quantitative estimate of drug-likeness (QED) is 0.843. The molecule has 5 rings (SSSR count). The van der Waals surface area contributed by atoms with Gasteiger partial charge < -0.3 is 5.32 Å². The van der Waals surface area contributed by atoms with Gasteiger partial charge in [-0.1, -0.05) is 0 Å². The first kappa shape index (κ1) is 11.9. The molecule has 1 spiro atoms. The van der Waals surface area contributed by atoms with Gasteiger partial charge in [-0.2, -0.15) is 0 Å². The van der Waals surface area contributed by atoms with Crippen molar-refractivity contribution < 1.29 is 4.79 Å². The number of fused-ring (bicyclic) bond motifs is 3. The molecule has 22 heavy (non-hydrogen) atoms. The number of hydrogen-bond donors (Lipinski definition) is 1. The molecule has 7 nitrogen and oxygen atoms in total. The van der Waals surface area contributed by atoms with Gasteiger partial charge in [0, 0.05) is 11.3 Å². The molecule has 1 amide bonds. The van der Waals surface area contributed by atoms with Crippen molar-refractivity contribution in [3.8, 4) is 0 Å². The van der Waals surface area contributed by atoms with E-state index in [0.717, 1.165) is 29.8 Å². The number of anilines is 1. The molecule has 0 radical (unpaired) electrons. The average molecular weight is 292 g/mol. The number of nitrogens with zero attached hydrogens (tertiary/aromatic N) is 5. The summed E-state index contributed by atoms with van der Waals surface area (Å²) in [7, 11) is 0. The van der Waals surface area contributed by atoms with Crippen LogP contribution in [0, 0.1) is 6.92 Å². The largest absolute Gasteiger partial charge is 0.308 e. The van der Waals surface area contributed by atoms with Crippen molar-refractivity contribution in [2.24, 2.45) is 4.99 Å². The van der Waals surface area contributed by atoms with E-state index in [9.17, 15) is 4.79 Å². The summed E-state index contributed by atoms with van der Waals surface area (Å²) in [6.45, 7) is 2.49. The number of aryl methyl sites for hydroxylation is 1. The van der Waals surface area contributed by atoms with Crippen LogP contribution in [0.4, 0.5) is 5.82 Å². The molecule has 0 bridgehead atoms. The van der Waals surface area contributed by atoms with E-state index in [2.05, 4.69) is 30.5 Å². The lowest BCUT2D eigenvalue weighted by atomic mass is 10.1. The molecule has 2 aliphatic heterocycles. The summed E-state index contributed by atoms with van der Waals surface area (Å²) in [5.41, 5.74) is 3.76. The van der Waals surface area contributed by atoms with Gasteiger partial charge in [-0.25, -0.2) is 4.98 Å². The predicted molar refractivity (Wildman–Crippen MR) is 77.7 cm³/mol. The molecule has 7 heteroatoms. The number of pyridine rings is 1. The summed E-state index contributed by atoms with van der Waals surface area (Å²) in [5.74, 6) is 0.970. The van der Waals surface area contributed by atoms with E-state index < -0.39 is 5.41 Å². The number of hydrogen-bond acceptors (Lipinski definition) is 6. The first-order valence-electron chi connectivity index (χ1n) is 7.26. The van der Waals surface area contributed by atoms with E-state index in [4.69, 9.17) is 0 Å². The number of aliphatic imine (C=N–C) groups is 1. The molecule has 2 aromatic heterocycles. The number of amides is 1. The molecule has 1 aliphatic carbocycles. The minimum atomic E-state index is -0.456. The molecule has 0 atom stereocenters. The summed E-state index contributed by atoms with van der Waals surface area (Å²) in [6, 6.07) is 3.93. The Balaban J connectivity index is 1.60. The van der Waals surface area contributed by atoms with E-state index >= 15 is 0 Å². The Morgan fingerprint density at radius 2 is 2.05 bits per heavy atom. The van der Waals surface area contributed by atoms with Gasteiger partial charge in [-0.15, -0.1) is 10.2 Å². The fraction of sp³-hybridized carbons (Fsp3) is 0.333. The van der Waals surface area contributed by atoms with Gasteiger partial charge in [0.1, 0.15) is 11.4 Å². The van der Waals surface area contributed by atoms with E-state index in [1.807, 2.05) is 19.1 Å². The molecule has 1 fully saturated rings. The first-order valence-corrected chi connectivity index (χ1v) is 7.26. The molecule has 4 heterocycles. The van der Waals surface area contributed by atoms with Crippen molar-refractivity contribution in [3.63, 3.8) is 0 Å². The van der Waals surface area contributed by atoms with E-state index in [1.54, 1.807) is 0 Å². The minimum absolute atomic E-state index is 0.00694. The van der Waals surface area contributed by atoms with Gasteiger partial charge in [-0.3, -0.25) is 14.8 Å². The summed E-state index contributed by atoms with van der Waals surface area (Å²) in [4.78, 5) is 25.5. The smallest absolute Gasteiger partial charge is 0.238 e. The number of rotatable bonds is 1. The molecule has 108 valence electrons. The van der Waals surface area contributed by atoms with Crippen molar-refractivity contribution in [3.05, 3.63) is 40.6 Å². The molecule has 2 aromatic rings. The van der Waals surface area contributed by atoms with Crippen LogP contribution in [0.2, 0.25) is 0 Å². The van der Waals surface area contributed by atoms with Crippen molar-refractivity contribution in [2.75, 3.05) is 5.32 Å². The summed E-state index contributed by atoms with van der Waals surface area (Å²) < 4.78 is 0. The fourth-order valence-electron chi connectivity index (χ4n) is 3.14. The maximum absolute atomic E-state index is 12.0. The molecular formula is C15H12N6O. The standard InChI is InChI=1S/C15H12N6O/c1-7-2-3-8-9(17-7)6-16-10(8)12-18-13-11(20-21-12)15(4-5-15)14(22)19-13/h2-3H,4-6H2,1H3,(H,18,19,21,22). The topological polar surface area (TPSA) is 93.0 Å². The highest BCUT2D eigenvalue weighted by molar-refractivity contribution is 6.13. The van der Waals surface area contributed by atoms with Crippen LogP contribution in [0.15, 0.2) is 17.1 Å². The third-order valence-corrected chi connectivity index (χ3v) is 4.52. The van der Waals surface area contributed by atoms with E-state index in [0.29, 0.717) is 29.6 Å². The first-order chi connectivity index (χ1) is 10.7. The van der Waals surface area contributed by atoms with Crippen molar-refractivity contribution in [2.45, 2.75) is 31.7 Å². The summed E-state index contributed by atoms with van der Waals surface area (Å²) in [6.07, 6.45) is 1.66. The van der Waals surface area contributed by atoms with E-state index in [1.165, 1.54) is 0 Å². The average Bonchev–Trinajstić information content (AvgIpc) is 3.13. The van der Waals surface area contributed by atoms with Crippen LogP contribution in [0.5, 0.6) is 0 Å². The highest BCUT2D eigenvalue weighted by Crippen LogP contribution is 2.53. The third-order valence-electron chi connectivity index (χ3n) is 4.52. The SMILES string of the molecule is Cc1ccc2c(n1)CN=C2c1nnc2c(n1)NC(=O)C21CC1. The summed E-state index contributed by atoms with van der Waals surface area (Å²) >= 11 is 0. The zero-order valence-corrected chi connectivity index (χ0v) is 11.9. The second-order valence-electron chi connectivity index (χ2n) is 5.98. The molecular weight excluding hydrogens is 280 g/mol. The van der Waals surface area contributed by atoms with Crippen LogP contribution < -0.4 is 5.32 Å². The van der Waals surface area contributed by atoms with Crippen LogP contribution in [0.3, 0.4) is 0 Å². The normalized spacial score (nSPS) is 19.7. The monoisotopic (exact) mass is 292 g/mol. The lowest BCUT2D eigenvalue weighted by Crippen LogP contribution is -2.19. The maximum atomic E-state index is 12.0. The number of nitrogens with one attached hydrogen (secondary N) is 1. The van der Waals surface area contributed by atoms with Gasteiger partial charge in [0.15, 0.2) is 5.82 Å². The van der Waals surface area contributed by atoms with Gasteiger partial charge in [0.05, 0.1) is 17.7 Å².